The van der Waals surface area contributed by atoms with Crippen molar-refractivity contribution in [1.29, 1.82) is 0 Å². The Morgan fingerprint density at radius 1 is 1.33 bits per heavy atom. The minimum atomic E-state index is 0.634. The summed E-state index contributed by atoms with van der Waals surface area (Å²) >= 11 is 4.45. The highest BCUT2D eigenvalue weighted by atomic mass is 32.1. The van der Waals surface area contributed by atoms with Crippen molar-refractivity contribution in [2.45, 2.75) is 45.3 Å². The largest absolute Gasteiger partial charge is 0.176 e. The normalized spacial score (nSPS) is 14.3. The van der Waals surface area contributed by atoms with Crippen molar-refractivity contribution in [2.75, 3.05) is 0 Å². The first-order valence-electron chi connectivity index (χ1n) is 3.84. The van der Waals surface area contributed by atoms with Crippen LogP contribution in [0, 0.1) is 5.92 Å². The van der Waals surface area contributed by atoms with Gasteiger partial charge in [-0.1, -0.05) is 27.2 Å². The fourth-order valence-electron chi connectivity index (χ4n) is 0.995. The Bertz CT molecular complexity index is 59.6. The summed E-state index contributed by atoms with van der Waals surface area (Å²) < 4.78 is 0. The standard InChI is InChI=1S/C8H18S/c1-4-5-8(9)6-7(2)3/h7-9H,4-6H2,1-3H3. The number of hydrogen-bond donors (Lipinski definition) is 1. The van der Waals surface area contributed by atoms with Crippen LogP contribution in [0.15, 0.2) is 0 Å². The maximum Gasteiger partial charge on any atom is 0.00191 e. The first-order valence-corrected chi connectivity index (χ1v) is 4.36. The molecule has 0 saturated carbocycles. The quantitative estimate of drug-likeness (QED) is 0.579. The molecule has 0 spiro atoms. The van der Waals surface area contributed by atoms with E-state index in [9.17, 15) is 0 Å². The van der Waals surface area contributed by atoms with E-state index in [0.29, 0.717) is 5.25 Å². The highest BCUT2D eigenvalue weighted by Crippen LogP contribution is 2.14. The molecule has 56 valence electrons. The van der Waals surface area contributed by atoms with Crippen LogP contribution in [0.5, 0.6) is 0 Å². The van der Waals surface area contributed by atoms with E-state index >= 15 is 0 Å². The van der Waals surface area contributed by atoms with E-state index in [1.54, 1.807) is 0 Å². The molecule has 0 bridgehead atoms. The van der Waals surface area contributed by atoms with Gasteiger partial charge in [0.2, 0.25) is 0 Å². The molecule has 1 atom stereocenters. The van der Waals surface area contributed by atoms with Gasteiger partial charge < -0.3 is 0 Å². The SMILES string of the molecule is CCCC(S)CC(C)C. The molecule has 0 aliphatic rings. The predicted molar refractivity (Wildman–Crippen MR) is 47.1 cm³/mol. The number of hydrogen-bond acceptors (Lipinski definition) is 1. The van der Waals surface area contributed by atoms with Crippen LogP contribution in [0.4, 0.5) is 0 Å². The van der Waals surface area contributed by atoms with Crippen LogP contribution >= 0.6 is 12.6 Å². The van der Waals surface area contributed by atoms with Gasteiger partial charge in [0, 0.05) is 5.25 Å². The van der Waals surface area contributed by atoms with Gasteiger partial charge in [-0.3, -0.25) is 0 Å². The van der Waals surface area contributed by atoms with Gasteiger partial charge in [0.05, 0.1) is 0 Å². The fourth-order valence-corrected chi connectivity index (χ4v) is 1.68. The van der Waals surface area contributed by atoms with E-state index in [1.807, 2.05) is 0 Å². The highest BCUT2D eigenvalue weighted by molar-refractivity contribution is 7.80. The van der Waals surface area contributed by atoms with Crippen LogP contribution in [-0.2, 0) is 0 Å². The van der Waals surface area contributed by atoms with Gasteiger partial charge in [0.25, 0.3) is 0 Å². The van der Waals surface area contributed by atoms with Gasteiger partial charge in [0.1, 0.15) is 0 Å². The topological polar surface area (TPSA) is 0 Å². The van der Waals surface area contributed by atoms with Crippen molar-refractivity contribution < 1.29 is 0 Å². The third kappa shape index (κ3) is 6.23. The molecule has 0 heterocycles. The van der Waals surface area contributed by atoms with Crippen LogP contribution in [0.25, 0.3) is 0 Å². The van der Waals surface area contributed by atoms with Crippen molar-refractivity contribution in [3.8, 4) is 0 Å². The lowest BCUT2D eigenvalue weighted by molar-refractivity contribution is 0.548. The maximum absolute atomic E-state index is 4.45. The molecule has 0 aromatic heterocycles. The summed E-state index contributed by atoms with van der Waals surface area (Å²) in [5, 5.41) is 0.634. The lowest BCUT2D eigenvalue weighted by Crippen LogP contribution is -2.02. The maximum atomic E-state index is 4.45. The van der Waals surface area contributed by atoms with Crippen molar-refractivity contribution >= 4 is 12.6 Å². The molecule has 0 aromatic carbocycles. The Morgan fingerprint density at radius 2 is 1.89 bits per heavy atom. The van der Waals surface area contributed by atoms with Crippen molar-refractivity contribution in [2.24, 2.45) is 5.92 Å². The van der Waals surface area contributed by atoms with E-state index in [2.05, 4.69) is 33.4 Å². The molecule has 1 heteroatoms. The first kappa shape index (κ1) is 9.35. The molecule has 0 N–H and O–H groups in total. The molecule has 0 aromatic rings. The molecule has 0 aliphatic carbocycles. The molecule has 0 rings (SSSR count). The Labute approximate surface area is 64.4 Å². The molecule has 0 nitrogen and oxygen atoms in total. The summed E-state index contributed by atoms with van der Waals surface area (Å²) in [7, 11) is 0. The van der Waals surface area contributed by atoms with Crippen LogP contribution in [0.1, 0.15) is 40.0 Å². The molecule has 0 radical (unpaired) electrons. The van der Waals surface area contributed by atoms with Crippen LogP contribution in [-0.4, -0.2) is 5.25 Å². The second-order valence-electron chi connectivity index (χ2n) is 3.07. The summed E-state index contributed by atoms with van der Waals surface area (Å²) in [6.45, 7) is 6.71. The van der Waals surface area contributed by atoms with Gasteiger partial charge >= 0.3 is 0 Å². The van der Waals surface area contributed by atoms with Crippen molar-refractivity contribution in [3.05, 3.63) is 0 Å². The Morgan fingerprint density at radius 3 is 2.22 bits per heavy atom. The Hall–Kier alpha value is 0.350. The van der Waals surface area contributed by atoms with Gasteiger partial charge in [0.15, 0.2) is 0 Å². The van der Waals surface area contributed by atoms with Gasteiger partial charge in [-0.25, -0.2) is 0 Å². The molecule has 0 fully saturated rings. The van der Waals surface area contributed by atoms with Crippen LogP contribution in [0.3, 0.4) is 0 Å². The first-order chi connectivity index (χ1) is 4.16. The lowest BCUT2D eigenvalue weighted by atomic mass is 10.1. The fraction of sp³-hybridized carbons (Fsp3) is 1.00. The molecule has 0 amide bonds. The summed E-state index contributed by atoms with van der Waals surface area (Å²) in [5.74, 6) is 0.805. The Balaban J connectivity index is 3.15. The summed E-state index contributed by atoms with van der Waals surface area (Å²) in [6.07, 6.45) is 3.79. The Kier molecular flexibility index (Phi) is 5.36. The second-order valence-corrected chi connectivity index (χ2v) is 3.80. The zero-order chi connectivity index (χ0) is 7.28. The number of rotatable bonds is 4. The lowest BCUT2D eigenvalue weighted by Gasteiger charge is -2.10. The second kappa shape index (κ2) is 5.16. The molecular weight excluding hydrogens is 128 g/mol. The number of thiol groups is 1. The molecule has 0 saturated heterocycles. The van der Waals surface area contributed by atoms with Crippen molar-refractivity contribution in [1.82, 2.24) is 0 Å². The average molecular weight is 146 g/mol. The minimum Gasteiger partial charge on any atom is -0.176 e. The minimum absolute atomic E-state index is 0.634. The zero-order valence-corrected chi connectivity index (χ0v) is 7.62. The summed E-state index contributed by atoms with van der Waals surface area (Å²) in [6, 6.07) is 0. The van der Waals surface area contributed by atoms with E-state index < -0.39 is 0 Å². The zero-order valence-electron chi connectivity index (χ0n) is 6.72. The average Bonchev–Trinajstić information content (AvgIpc) is 1.63. The van der Waals surface area contributed by atoms with E-state index in [0.717, 1.165) is 5.92 Å². The smallest absolute Gasteiger partial charge is 0.00191 e. The van der Waals surface area contributed by atoms with E-state index in [4.69, 9.17) is 0 Å². The summed E-state index contributed by atoms with van der Waals surface area (Å²) in [4.78, 5) is 0. The monoisotopic (exact) mass is 146 g/mol. The van der Waals surface area contributed by atoms with Crippen LogP contribution < -0.4 is 0 Å². The van der Waals surface area contributed by atoms with Crippen molar-refractivity contribution in [3.63, 3.8) is 0 Å². The summed E-state index contributed by atoms with van der Waals surface area (Å²) in [5.41, 5.74) is 0. The van der Waals surface area contributed by atoms with E-state index in [1.165, 1.54) is 19.3 Å². The van der Waals surface area contributed by atoms with Gasteiger partial charge in [-0.2, -0.15) is 12.6 Å². The third-order valence-electron chi connectivity index (χ3n) is 1.37. The molecule has 0 aliphatic heterocycles. The van der Waals surface area contributed by atoms with Crippen LogP contribution in [0.2, 0.25) is 0 Å². The molecular formula is C8H18S. The molecule has 1 unspecified atom stereocenters. The van der Waals surface area contributed by atoms with Gasteiger partial charge in [-0.05, 0) is 18.8 Å². The van der Waals surface area contributed by atoms with Gasteiger partial charge in [-0.15, -0.1) is 0 Å². The highest BCUT2D eigenvalue weighted by Gasteiger charge is 2.02. The predicted octanol–water partition coefficient (Wildman–Crippen LogP) is 3.13. The molecule has 9 heavy (non-hydrogen) atoms. The van der Waals surface area contributed by atoms with E-state index in [-0.39, 0.29) is 0 Å². The third-order valence-corrected chi connectivity index (χ3v) is 1.83.